The number of nitrogens with one attached hydrogen (secondary N) is 2. The number of amides is 1. The van der Waals surface area contributed by atoms with Crippen LogP contribution in [0, 0.1) is 11.3 Å². The summed E-state index contributed by atoms with van der Waals surface area (Å²) in [6, 6.07) is 12.6. The van der Waals surface area contributed by atoms with E-state index in [4.69, 9.17) is 5.26 Å². The maximum absolute atomic E-state index is 11.4. The Morgan fingerprint density at radius 3 is 2.74 bits per heavy atom. The van der Waals surface area contributed by atoms with Gasteiger partial charge in [0.1, 0.15) is 6.42 Å². The molecular formula is C16H12N6O. The maximum atomic E-state index is 11.4. The van der Waals surface area contributed by atoms with Gasteiger partial charge in [-0.15, -0.1) is 0 Å². The molecular weight excluding hydrogens is 292 g/mol. The highest BCUT2D eigenvalue weighted by atomic mass is 16.1. The van der Waals surface area contributed by atoms with Crippen molar-refractivity contribution in [2.24, 2.45) is 0 Å². The van der Waals surface area contributed by atoms with Crippen LogP contribution in [0.25, 0.3) is 22.8 Å². The second-order valence-corrected chi connectivity index (χ2v) is 4.71. The maximum Gasteiger partial charge on any atom is 0.238 e. The number of aromatic nitrogens is 4. The summed E-state index contributed by atoms with van der Waals surface area (Å²) in [5.41, 5.74) is 2.29. The zero-order chi connectivity index (χ0) is 16.1. The number of rotatable bonds is 4. The van der Waals surface area contributed by atoms with Crippen molar-refractivity contribution < 1.29 is 4.79 Å². The lowest BCUT2D eigenvalue weighted by Crippen LogP contribution is -2.09. The first-order chi connectivity index (χ1) is 11.3. The van der Waals surface area contributed by atoms with Gasteiger partial charge in [0.05, 0.1) is 6.07 Å². The Bertz CT molecular complexity index is 848. The molecule has 23 heavy (non-hydrogen) atoms. The van der Waals surface area contributed by atoms with E-state index in [2.05, 4.69) is 25.5 Å². The summed E-state index contributed by atoms with van der Waals surface area (Å²) in [5, 5.41) is 18.2. The highest BCUT2D eigenvalue weighted by Crippen LogP contribution is 2.21. The third-order valence-electron chi connectivity index (χ3n) is 3.09. The second-order valence-electron chi connectivity index (χ2n) is 4.71. The van der Waals surface area contributed by atoms with Crippen molar-refractivity contribution in [1.82, 2.24) is 20.2 Å². The van der Waals surface area contributed by atoms with E-state index in [-0.39, 0.29) is 12.3 Å². The Morgan fingerprint density at radius 1 is 1.22 bits per heavy atom. The van der Waals surface area contributed by atoms with Crippen LogP contribution in [0.3, 0.4) is 0 Å². The number of carbonyl (C=O) groups excluding carboxylic acids is 1. The van der Waals surface area contributed by atoms with Crippen LogP contribution in [0.2, 0.25) is 0 Å². The number of anilines is 1. The van der Waals surface area contributed by atoms with Crippen molar-refractivity contribution >= 4 is 11.6 Å². The lowest BCUT2D eigenvalue weighted by atomic mass is 10.2. The normalized spacial score (nSPS) is 10.0. The average molecular weight is 304 g/mol. The molecule has 0 fully saturated rings. The third kappa shape index (κ3) is 3.39. The summed E-state index contributed by atoms with van der Waals surface area (Å²) in [6.45, 7) is 0. The van der Waals surface area contributed by atoms with Crippen LogP contribution in [-0.2, 0) is 4.79 Å². The minimum absolute atomic E-state index is 0.168. The lowest BCUT2D eigenvalue weighted by molar-refractivity contribution is -0.115. The minimum atomic E-state index is -0.334. The summed E-state index contributed by atoms with van der Waals surface area (Å²) in [7, 11) is 0. The molecule has 112 valence electrons. The molecule has 2 heterocycles. The number of carbonyl (C=O) groups is 1. The van der Waals surface area contributed by atoms with E-state index < -0.39 is 0 Å². The Balaban J connectivity index is 1.77. The molecule has 0 aliphatic carbocycles. The molecule has 7 heteroatoms. The van der Waals surface area contributed by atoms with E-state index in [0.717, 1.165) is 11.1 Å². The van der Waals surface area contributed by atoms with Gasteiger partial charge in [-0.1, -0.05) is 0 Å². The van der Waals surface area contributed by atoms with Gasteiger partial charge in [0, 0.05) is 29.2 Å². The molecule has 1 aromatic carbocycles. The molecule has 7 nitrogen and oxygen atoms in total. The molecule has 0 radical (unpaired) electrons. The van der Waals surface area contributed by atoms with Gasteiger partial charge in [-0.3, -0.25) is 14.9 Å². The van der Waals surface area contributed by atoms with Gasteiger partial charge in [0.15, 0.2) is 11.6 Å². The molecule has 0 atom stereocenters. The second kappa shape index (κ2) is 6.49. The molecule has 3 rings (SSSR count). The lowest BCUT2D eigenvalue weighted by Gasteiger charge is -2.03. The van der Waals surface area contributed by atoms with E-state index in [0.29, 0.717) is 17.3 Å². The Morgan fingerprint density at radius 2 is 2.04 bits per heavy atom. The minimum Gasteiger partial charge on any atom is -0.325 e. The number of aromatic amines is 1. The predicted octanol–water partition coefficient (Wildman–Crippen LogP) is 2.39. The standard InChI is InChI=1S/C16H12N6O/c17-8-7-14(23)19-13-5-3-11(4-6-13)15-20-16(22-21-15)12-2-1-9-18-10-12/h1-6,9-10H,7H2,(H,19,23)(H,20,21,22). The largest absolute Gasteiger partial charge is 0.325 e. The van der Waals surface area contributed by atoms with Crippen molar-refractivity contribution in [2.75, 3.05) is 5.32 Å². The highest BCUT2D eigenvalue weighted by Gasteiger charge is 2.08. The van der Waals surface area contributed by atoms with E-state index >= 15 is 0 Å². The SMILES string of the molecule is N#CCC(=O)Nc1ccc(-c2nc(-c3cccnc3)n[nH]2)cc1. The molecule has 0 aliphatic heterocycles. The van der Waals surface area contributed by atoms with E-state index in [1.807, 2.05) is 24.3 Å². The van der Waals surface area contributed by atoms with Gasteiger partial charge in [0.2, 0.25) is 5.91 Å². The molecule has 0 saturated carbocycles. The van der Waals surface area contributed by atoms with Crippen molar-refractivity contribution in [3.05, 3.63) is 48.8 Å². The number of benzene rings is 1. The van der Waals surface area contributed by atoms with E-state index in [9.17, 15) is 4.79 Å². The molecule has 0 aliphatic rings. The molecule has 2 aromatic heterocycles. The fraction of sp³-hybridized carbons (Fsp3) is 0.0625. The van der Waals surface area contributed by atoms with Gasteiger partial charge < -0.3 is 5.32 Å². The summed E-state index contributed by atoms with van der Waals surface area (Å²) in [4.78, 5) is 19.8. The molecule has 3 aromatic rings. The summed E-state index contributed by atoms with van der Waals surface area (Å²) < 4.78 is 0. The van der Waals surface area contributed by atoms with Crippen LogP contribution in [0.1, 0.15) is 6.42 Å². The number of hydrogen-bond donors (Lipinski definition) is 2. The number of nitriles is 1. The van der Waals surface area contributed by atoms with Gasteiger partial charge in [-0.25, -0.2) is 4.98 Å². The van der Waals surface area contributed by atoms with Crippen LogP contribution in [0.5, 0.6) is 0 Å². The predicted molar refractivity (Wildman–Crippen MR) is 83.9 cm³/mol. The Labute approximate surface area is 132 Å². The zero-order valence-electron chi connectivity index (χ0n) is 12.0. The highest BCUT2D eigenvalue weighted by molar-refractivity contribution is 5.92. The van der Waals surface area contributed by atoms with Crippen molar-refractivity contribution in [1.29, 1.82) is 5.26 Å². The summed E-state index contributed by atoms with van der Waals surface area (Å²) in [6.07, 6.45) is 3.22. The van der Waals surface area contributed by atoms with Crippen LogP contribution in [-0.4, -0.2) is 26.1 Å². The number of hydrogen-bond acceptors (Lipinski definition) is 5. The summed E-state index contributed by atoms with van der Waals surface area (Å²) >= 11 is 0. The molecule has 0 unspecified atom stereocenters. The van der Waals surface area contributed by atoms with Crippen molar-refractivity contribution in [3.63, 3.8) is 0 Å². The quantitative estimate of drug-likeness (QED) is 0.769. The third-order valence-corrected chi connectivity index (χ3v) is 3.09. The molecule has 0 spiro atoms. The van der Waals surface area contributed by atoms with Crippen LogP contribution >= 0.6 is 0 Å². The Kier molecular flexibility index (Phi) is 4.07. The van der Waals surface area contributed by atoms with Gasteiger partial charge in [-0.2, -0.15) is 10.4 Å². The van der Waals surface area contributed by atoms with Crippen LogP contribution in [0.15, 0.2) is 48.8 Å². The van der Waals surface area contributed by atoms with Gasteiger partial charge in [0.25, 0.3) is 0 Å². The number of pyridine rings is 1. The fourth-order valence-corrected chi connectivity index (χ4v) is 2.00. The molecule has 1 amide bonds. The number of nitrogens with zero attached hydrogens (tertiary/aromatic N) is 4. The van der Waals surface area contributed by atoms with E-state index in [1.54, 1.807) is 30.6 Å². The molecule has 0 bridgehead atoms. The molecule has 0 saturated heterocycles. The average Bonchev–Trinajstić information content (AvgIpc) is 3.07. The first-order valence-electron chi connectivity index (χ1n) is 6.86. The van der Waals surface area contributed by atoms with Gasteiger partial charge >= 0.3 is 0 Å². The van der Waals surface area contributed by atoms with Crippen molar-refractivity contribution in [3.8, 4) is 28.8 Å². The Hall–Kier alpha value is -3.53. The summed E-state index contributed by atoms with van der Waals surface area (Å²) in [5.74, 6) is 0.858. The van der Waals surface area contributed by atoms with Crippen LogP contribution < -0.4 is 5.32 Å². The fourth-order valence-electron chi connectivity index (χ4n) is 2.00. The topological polar surface area (TPSA) is 107 Å². The smallest absolute Gasteiger partial charge is 0.238 e. The van der Waals surface area contributed by atoms with Crippen LogP contribution in [0.4, 0.5) is 5.69 Å². The number of H-pyrrole nitrogens is 1. The van der Waals surface area contributed by atoms with E-state index in [1.165, 1.54) is 0 Å². The first kappa shape index (κ1) is 14.4. The first-order valence-corrected chi connectivity index (χ1v) is 6.86. The van der Waals surface area contributed by atoms with Gasteiger partial charge in [-0.05, 0) is 36.4 Å². The monoisotopic (exact) mass is 304 g/mol. The molecule has 2 N–H and O–H groups in total. The van der Waals surface area contributed by atoms with Crippen molar-refractivity contribution in [2.45, 2.75) is 6.42 Å². The zero-order valence-corrected chi connectivity index (χ0v) is 12.0.